The fourth-order valence-corrected chi connectivity index (χ4v) is 1.69. The van der Waals surface area contributed by atoms with Gasteiger partial charge >= 0.3 is 0 Å². The number of nitro benzene ring substituents is 1. The maximum Gasteiger partial charge on any atom is 0.273 e. The molecule has 0 unspecified atom stereocenters. The highest BCUT2D eigenvalue weighted by Gasteiger charge is 2.10. The highest BCUT2D eigenvalue weighted by molar-refractivity contribution is 5.43. The number of phenols is 1. The van der Waals surface area contributed by atoms with Crippen molar-refractivity contribution in [1.29, 1.82) is 0 Å². The molecule has 2 aromatic rings. The molecule has 0 fully saturated rings. The van der Waals surface area contributed by atoms with Crippen LogP contribution in [0.5, 0.6) is 17.2 Å². The van der Waals surface area contributed by atoms with Gasteiger partial charge in [0.25, 0.3) is 5.69 Å². The van der Waals surface area contributed by atoms with Crippen molar-refractivity contribution in [3.63, 3.8) is 0 Å². The smallest absolute Gasteiger partial charge is 0.273 e. The summed E-state index contributed by atoms with van der Waals surface area (Å²) in [6.07, 6.45) is 0. The normalized spacial score (nSPS) is 10.1. The second-order valence-electron chi connectivity index (χ2n) is 4.08. The van der Waals surface area contributed by atoms with Crippen LogP contribution in [0.1, 0.15) is 5.56 Å². The van der Waals surface area contributed by atoms with Crippen molar-refractivity contribution in [3.8, 4) is 17.2 Å². The van der Waals surface area contributed by atoms with Crippen LogP contribution < -0.4 is 9.47 Å². The van der Waals surface area contributed by atoms with Crippen LogP contribution in [0.25, 0.3) is 0 Å². The van der Waals surface area contributed by atoms with Gasteiger partial charge in [-0.15, -0.1) is 0 Å². The Bertz CT molecular complexity index is 627. The number of aromatic hydroxyl groups is 1. The topological polar surface area (TPSA) is 81.8 Å². The van der Waals surface area contributed by atoms with E-state index in [1.54, 1.807) is 18.2 Å². The first-order chi connectivity index (χ1) is 9.58. The molecule has 0 aliphatic rings. The molecular weight excluding hydrogens is 262 g/mol. The number of benzene rings is 2. The second kappa shape index (κ2) is 5.92. The Hall–Kier alpha value is -2.76. The molecule has 0 aliphatic heterocycles. The predicted molar refractivity (Wildman–Crippen MR) is 72.1 cm³/mol. The number of non-ortho nitro benzene ring substituents is 1. The summed E-state index contributed by atoms with van der Waals surface area (Å²) in [4.78, 5) is 10.3. The zero-order chi connectivity index (χ0) is 14.5. The number of phenolic OH excluding ortho intramolecular Hbond substituents is 1. The summed E-state index contributed by atoms with van der Waals surface area (Å²) in [7, 11) is 1.44. The molecule has 6 nitrogen and oxygen atoms in total. The van der Waals surface area contributed by atoms with Crippen LogP contribution in [0.2, 0.25) is 0 Å². The molecule has 1 N–H and O–H groups in total. The number of nitrogens with zero attached hydrogens (tertiary/aromatic N) is 1. The van der Waals surface area contributed by atoms with Crippen LogP contribution in [0, 0.1) is 10.1 Å². The van der Waals surface area contributed by atoms with Gasteiger partial charge in [-0.05, 0) is 23.8 Å². The molecule has 0 atom stereocenters. The molecule has 104 valence electrons. The Kier molecular flexibility index (Phi) is 4.05. The molecule has 0 heterocycles. The number of ether oxygens (including phenoxy) is 2. The summed E-state index contributed by atoms with van der Waals surface area (Å²) in [5.41, 5.74) is 0.554. The summed E-state index contributed by atoms with van der Waals surface area (Å²) in [5.74, 6) is 0.975. The standard InChI is InChI=1S/C14H13NO5/c1-19-14-6-10(5-11(7-14)15(17)18)9-20-13-4-2-3-12(16)8-13/h2-8,16H,9H2,1H3. The molecule has 20 heavy (non-hydrogen) atoms. The lowest BCUT2D eigenvalue weighted by atomic mass is 10.2. The Morgan fingerprint density at radius 2 is 2.00 bits per heavy atom. The van der Waals surface area contributed by atoms with Gasteiger partial charge in [0.15, 0.2) is 0 Å². The molecule has 2 aromatic carbocycles. The molecule has 0 saturated carbocycles. The average Bonchev–Trinajstić information content (AvgIpc) is 2.45. The molecule has 0 amide bonds. The zero-order valence-corrected chi connectivity index (χ0v) is 10.8. The molecular formula is C14H13NO5. The van der Waals surface area contributed by atoms with Crippen molar-refractivity contribution < 1.29 is 19.5 Å². The van der Waals surface area contributed by atoms with E-state index in [-0.39, 0.29) is 18.0 Å². The maximum atomic E-state index is 10.8. The van der Waals surface area contributed by atoms with Gasteiger partial charge in [-0.1, -0.05) is 6.07 Å². The lowest BCUT2D eigenvalue weighted by Crippen LogP contribution is -1.98. The fraction of sp³-hybridized carbons (Fsp3) is 0.143. The Morgan fingerprint density at radius 1 is 1.20 bits per heavy atom. The Balaban J connectivity index is 2.16. The van der Waals surface area contributed by atoms with Crippen LogP contribution in [-0.2, 0) is 6.61 Å². The minimum atomic E-state index is -0.486. The summed E-state index contributed by atoms with van der Waals surface area (Å²) in [6.45, 7) is 0.140. The third-order valence-corrected chi connectivity index (χ3v) is 2.62. The monoisotopic (exact) mass is 275 g/mol. The third kappa shape index (κ3) is 3.38. The van der Waals surface area contributed by atoms with E-state index in [1.807, 2.05) is 0 Å². The molecule has 6 heteroatoms. The van der Waals surface area contributed by atoms with Crippen molar-refractivity contribution in [2.45, 2.75) is 6.61 Å². The van der Waals surface area contributed by atoms with Gasteiger partial charge in [0.1, 0.15) is 23.9 Å². The third-order valence-electron chi connectivity index (χ3n) is 2.62. The summed E-state index contributed by atoms with van der Waals surface area (Å²) < 4.78 is 10.5. The highest BCUT2D eigenvalue weighted by atomic mass is 16.6. The van der Waals surface area contributed by atoms with Crippen LogP contribution in [0.3, 0.4) is 0 Å². The summed E-state index contributed by atoms with van der Waals surface area (Å²) in [5, 5.41) is 20.1. The minimum absolute atomic E-state index is 0.0566. The Morgan fingerprint density at radius 3 is 2.65 bits per heavy atom. The first-order valence-electron chi connectivity index (χ1n) is 5.82. The predicted octanol–water partition coefficient (Wildman–Crippen LogP) is 2.89. The first kappa shape index (κ1) is 13.7. The van der Waals surface area contributed by atoms with E-state index >= 15 is 0 Å². The Labute approximate surface area is 115 Å². The largest absolute Gasteiger partial charge is 0.508 e. The van der Waals surface area contributed by atoms with E-state index in [2.05, 4.69) is 0 Å². The minimum Gasteiger partial charge on any atom is -0.508 e. The molecule has 2 rings (SSSR count). The lowest BCUT2D eigenvalue weighted by molar-refractivity contribution is -0.385. The van der Waals surface area contributed by atoms with Gasteiger partial charge in [-0.2, -0.15) is 0 Å². The van der Waals surface area contributed by atoms with Gasteiger partial charge in [0, 0.05) is 12.1 Å². The van der Waals surface area contributed by atoms with Gasteiger partial charge in [0.2, 0.25) is 0 Å². The van der Waals surface area contributed by atoms with Crippen LogP contribution in [-0.4, -0.2) is 17.1 Å². The van der Waals surface area contributed by atoms with E-state index in [9.17, 15) is 15.2 Å². The average molecular weight is 275 g/mol. The number of methoxy groups -OCH3 is 1. The van der Waals surface area contributed by atoms with Crippen molar-refractivity contribution >= 4 is 5.69 Å². The van der Waals surface area contributed by atoms with Crippen molar-refractivity contribution in [3.05, 3.63) is 58.1 Å². The van der Waals surface area contributed by atoms with Crippen molar-refractivity contribution in [2.24, 2.45) is 0 Å². The van der Waals surface area contributed by atoms with Gasteiger partial charge in [-0.3, -0.25) is 10.1 Å². The van der Waals surface area contributed by atoms with Crippen LogP contribution in [0.4, 0.5) is 5.69 Å². The quantitative estimate of drug-likeness (QED) is 0.670. The SMILES string of the molecule is COc1cc(COc2cccc(O)c2)cc([N+](=O)[O-])c1. The van der Waals surface area contributed by atoms with E-state index in [0.29, 0.717) is 17.1 Å². The molecule has 0 radical (unpaired) electrons. The first-order valence-corrected chi connectivity index (χ1v) is 5.82. The van der Waals surface area contributed by atoms with Gasteiger partial charge < -0.3 is 14.6 Å². The van der Waals surface area contributed by atoms with Gasteiger partial charge in [-0.25, -0.2) is 0 Å². The maximum absolute atomic E-state index is 10.8. The van der Waals surface area contributed by atoms with Crippen molar-refractivity contribution in [2.75, 3.05) is 7.11 Å². The van der Waals surface area contributed by atoms with Crippen LogP contribution >= 0.6 is 0 Å². The molecule has 0 aromatic heterocycles. The molecule has 0 bridgehead atoms. The zero-order valence-electron chi connectivity index (χ0n) is 10.8. The van der Waals surface area contributed by atoms with E-state index in [1.165, 1.54) is 31.4 Å². The second-order valence-corrected chi connectivity index (χ2v) is 4.08. The van der Waals surface area contributed by atoms with Gasteiger partial charge in [0.05, 0.1) is 18.1 Å². The van der Waals surface area contributed by atoms with E-state index in [4.69, 9.17) is 9.47 Å². The fourth-order valence-electron chi connectivity index (χ4n) is 1.69. The number of nitro groups is 1. The summed E-state index contributed by atoms with van der Waals surface area (Å²) in [6, 6.07) is 10.8. The van der Waals surface area contributed by atoms with Crippen molar-refractivity contribution in [1.82, 2.24) is 0 Å². The molecule has 0 aliphatic carbocycles. The van der Waals surface area contributed by atoms with E-state index < -0.39 is 4.92 Å². The highest BCUT2D eigenvalue weighted by Crippen LogP contribution is 2.24. The lowest BCUT2D eigenvalue weighted by Gasteiger charge is -2.08. The molecule has 0 saturated heterocycles. The van der Waals surface area contributed by atoms with Crippen LogP contribution in [0.15, 0.2) is 42.5 Å². The number of hydrogen-bond acceptors (Lipinski definition) is 5. The number of rotatable bonds is 5. The number of hydrogen-bond donors (Lipinski definition) is 1. The summed E-state index contributed by atoms with van der Waals surface area (Å²) >= 11 is 0. The molecule has 0 spiro atoms. The van der Waals surface area contributed by atoms with E-state index in [0.717, 1.165) is 0 Å².